The molecule has 1 fully saturated rings. The van der Waals surface area contributed by atoms with E-state index in [1.807, 2.05) is 6.92 Å². The van der Waals surface area contributed by atoms with E-state index >= 15 is 0 Å². The molecule has 0 aliphatic heterocycles. The Morgan fingerprint density at radius 3 is 2.45 bits per heavy atom. The van der Waals surface area contributed by atoms with E-state index in [4.69, 9.17) is 9.84 Å². The lowest BCUT2D eigenvalue weighted by molar-refractivity contribution is -0.137. The summed E-state index contributed by atoms with van der Waals surface area (Å²) in [6.07, 6.45) is 8.99. The summed E-state index contributed by atoms with van der Waals surface area (Å²) in [5.74, 6) is -0.156. The van der Waals surface area contributed by atoms with E-state index in [-0.39, 0.29) is 24.5 Å². The van der Waals surface area contributed by atoms with Crippen LogP contribution < -0.4 is 5.32 Å². The monoisotopic (exact) mass is 313 g/mol. The summed E-state index contributed by atoms with van der Waals surface area (Å²) in [7, 11) is 1.64. The molecule has 22 heavy (non-hydrogen) atoms. The summed E-state index contributed by atoms with van der Waals surface area (Å²) in [6, 6.07) is -0.00967. The SMILES string of the molecule is COC(C)CCC(=O)NC(CCC(=O)O)CC1CCCCC1. The molecule has 1 saturated carbocycles. The minimum atomic E-state index is -0.795. The standard InChI is InChI=1S/C17H31NO4/c1-13(22-2)8-10-16(19)18-15(9-11-17(20)21)12-14-6-4-3-5-7-14/h13-15H,3-12H2,1-2H3,(H,18,19)(H,20,21). The molecule has 0 bridgehead atoms. The van der Waals surface area contributed by atoms with Gasteiger partial charge in [-0.05, 0) is 32.1 Å². The van der Waals surface area contributed by atoms with E-state index in [0.29, 0.717) is 25.2 Å². The highest BCUT2D eigenvalue weighted by Crippen LogP contribution is 2.28. The zero-order valence-electron chi connectivity index (χ0n) is 14.0. The summed E-state index contributed by atoms with van der Waals surface area (Å²) in [5, 5.41) is 11.9. The van der Waals surface area contributed by atoms with Gasteiger partial charge in [-0.15, -0.1) is 0 Å². The molecular weight excluding hydrogens is 282 g/mol. The van der Waals surface area contributed by atoms with Crippen molar-refractivity contribution in [2.75, 3.05) is 7.11 Å². The molecule has 0 spiro atoms. The number of hydrogen-bond donors (Lipinski definition) is 2. The fourth-order valence-corrected chi connectivity index (χ4v) is 3.12. The van der Waals surface area contributed by atoms with E-state index < -0.39 is 5.97 Å². The van der Waals surface area contributed by atoms with Crippen LogP contribution in [0, 0.1) is 5.92 Å². The number of aliphatic carboxylic acids is 1. The van der Waals surface area contributed by atoms with Gasteiger partial charge in [-0.3, -0.25) is 9.59 Å². The fraction of sp³-hybridized carbons (Fsp3) is 0.882. The first-order chi connectivity index (χ1) is 10.5. The van der Waals surface area contributed by atoms with Crippen LogP contribution in [0.1, 0.15) is 71.1 Å². The first kappa shape index (κ1) is 18.9. The van der Waals surface area contributed by atoms with Crippen LogP contribution in [0.2, 0.25) is 0 Å². The zero-order chi connectivity index (χ0) is 16.4. The Morgan fingerprint density at radius 2 is 1.86 bits per heavy atom. The van der Waals surface area contributed by atoms with Gasteiger partial charge in [-0.1, -0.05) is 32.1 Å². The van der Waals surface area contributed by atoms with E-state index in [2.05, 4.69) is 5.32 Å². The van der Waals surface area contributed by atoms with Crippen LogP contribution in [0.15, 0.2) is 0 Å². The topological polar surface area (TPSA) is 75.6 Å². The molecule has 0 aromatic heterocycles. The normalized spacial score (nSPS) is 18.6. The lowest BCUT2D eigenvalue weighted by atomic mass is 9.84. The zero-order valence-corrected chi connectivity index (χ0v) is 14.0. The van der Waals surface area contributed by atoms with Crippen LogP contribution >= 0.6 is 0 Å². The van der Waals surface area contributed by atoms with Gasteiger partial charge in [0.05, 0.1) is 6.10 Å². The molecule has 2 atom stereocenters. The average molecular weight is 313 g/mol. The molecule has 2 N–H and O–H groups in total. The number of ether oxygens (including phenoxy) is 1. The molecule has 0 heterocycles. The van der Waals surface area contributed by atoms with Gasteiger partial charge < -0.3 is 15.2 Å². The Balaban J connectivity index is 2.41. The highest BCUT2D eigenvalue weighted by molar-refractivity contribution is 5.76. The fourth-order valence-electron chi connectivity index (χ4n) is 3.12. The molecule has 0 saturated heterocycles. The summed E-state index contributed by atoms with van der Waals surface area (Å²) in [4.78, 5) is 22.9. The summed E-state index contributed by atoms with van der Waals surface area (Å²) in [6.45, 7) is 1.94. The van der Waals surface area contributed by atoms with Crippen LogP contribution in [0.25, 0.3) is 0 Å². The van der Waals surface area contributed by atoms with Crippen LogP contribution in [-0.4, -0.2) is 36.2 Å². The minimum absolute atomic E-state index is 0.00935. The van der Waals surface area contributed by atoms with Gasteiger partial charge in [0.2, 0.25) is 5.91 Å². The Morgan fingerprint density at radius 1 is 1.18 bits per heavy atom. The molecule has 1 amide bonds. The third-order valence-electron chi connectivity index (χ3n) is 4.59. The summed E-state index contributed by atoms with van der Waals surface area (Å²) < 4.78 is 5.15. The van der Waals surface area contributed by atoms with Crippen molar-refractivity contribution in [2.45, 2.75) is 83.3 Å². The molecule has 128 valence electrons. The second-order valence-corrected chi connectivity index (χ2v) is 6.52. The molecule has 0 aromatic carbocycles. The maximum absolute atomic E-state index is 12.0. The minimum Gasteiger partial charge on any atom is -0.481 e. The molecule has 0 radical (unpaired) electrons. The number of rotatable bonds is 10. The van der Waals surface area contributed by atoms with E-state index in [9.17, 15) is 9.59 Å². The molecule has 2 unspecified atom stereocenters. The van der Waals surface area contributed by atoms with Crippen LogP contribution in [-0.2, 0) is 14.3 Å². The van der Waals surface area contributed by atoms with Gasteiger partial charge >= 0.3 is 5.97 Å². The first-order valence-electron chi connectivity index (χ1n) is 8.55. The lowest BCUT2D eigenvalue weighted by Crippen LogP contribution is -2.37. The van der Waals surface area contributed by atoms with Crippen molar-refractivity contribution in [1.82, 2.24) is 5.32 Å². The van der Waals surface area contributed by atoms with Crippen LogP contribution in [0.3, 0.4) is 0 Å². The van der Waals surface area contributed by atoms with E-state index in [1.54, 1.807) is 7.11 Å². The number of carboxylic acid groups (broad SMARTS) is 1. The number of carboxylic acids is 1. The molecule has 1 rings (SSSR count). The second-order valence-electron chi connectivity index (χ2n) is 6.52. The van der Waals surface area contributed by atoms with Crippen molar-refractivity contribution in [3.63, 3.8) is 0 Å². The Bertz CT molecular complexity index is 340. The number of carbonyl (C=O) groups is 2. The lowest BCUT2D eigenvalue weighted by Gasteiger charge is -2.27. The highest BCUT2D eigenvalue weighted by Gasteiger charge is 2.21. The predicted molar refractivity (Wildman–Crippen MR) is 85.7 cm³/mol. The number of carbonyl (C=O) groups excluding carboxylic acids is 1. The van der Waals surface area contributed by atoms with Gasteiger partial charge in [0.15, 0.2) is 0 Å². The Labute approximate surface area is 133 Å². The van der Waals surface area contributed by atoms with Crippen LogP contribution in [0.5, 0.6) is 0 Å². The van der Waals surface area contributed by atoms with Crippen molar-refractivity contribution in [1.29, 1.82) is 0 Å². The maximum atomic E-state index is 12.0. The smallest absolute Gasteiger partial charge is 0.303 e. The van der Waals surface area contributed by atoms with E-state index in [0.717, 1.165) is 6.42 Å². The first-order valence-corrected chi connectivity index (χ1v) is 8.55. The number of nitrogens with one attached hydrogen (secondary N) is 1. The van der Waals surface area contributed by atoms with Crippen molar-refractivity contribution in [3.05, 3.63) is 0 Å². The largest absolute Gasteiger partial charge is 0.481 e. The van der Waals surface area contributed by atoms with Gasteiger partial charge in [0.25, 0.3) is 0 Å². The van der Waals surface area contributed by atoms with Crippen molar-refractivity contribution in [3.8, 4) is 0 Å². The molecular formula is C17H31NO4. The van der Waals surface area contributed by atoms with Crippen molar-refractivity contribution in [2.24, 2.45) is 5.92 Å². The number of amides is 1. The van der Waals surface area contributed by atoms with Crippen molar-refractivity contribution < 1.29 is 19.4 Å². The van der Waals surface area contributed by atoms with Crippen LogP contribution in [0.4, 0.5) is 0 Å². The van der Waals surface area contributed by atoms with Gasteiger partial charge in [-0.25, -0.2) is 0 Å². The van der Waals surface area contributed by atoms with Gasteiger partial charge in [-0.2, -0.15) is 0 Å². The molecule has 5 nitrogen and oxygen atoms in total. The highest BCUT2D eigenvalue weighted by atomic mass is 16.5. The molecule has 5 heteroatoms. The average Bonchev–Trinajstić information content (AvgIpc) is 2.51. The second kappa shape index (κ2) is 10.6. The Kier molecular flexibility index (Phi) is 9.13. The third kappa shape index (κ3) is 8.37. The van der Waals surface area contributed by atoms with Crippen molar-refractivity contribution >= 4 is 11.9 Å². The number of hydrogen-bond acceptors (Lipinski definition) is 3. The molecule has 1 aliphatic carbocycles. The summed E-state index contributed by atoms with van der Waals surface area (Å²) >= 11 is 0. The van der Waals surface area contributed by atoms with Gasteiger partial charge in [0.1, 0.15) is 0 Å². The predicted octanol–water partition coefficient (Wildman–Crippen LogP) is 3.12. The Hall–Kier alpha value is -1.10. The number of methoxy groups -OCH3 is 1. The summed E-state index contributed by atoms with van der Waals surface area (Å²) in [5.41, 5.74) is 0. The van der Waals surface area contributed by atoms with E-state index in [1.165, 1.54) is 32.1 Å². The quantitative estimate of drug-likeness (QED) is 0.650. The maximum Gasteiger partial charge on any atom is 0.303 e. The molecule has 0 aromatic rings. The molecule has 1 aliphatic rings. The van der Waals surface area contributed by atoms with Gasteiger partial charge in [0, 0.05) is 26.0 Å². The third-order valence-corrected chi connectivity index (χ3v) is 4.59.